The molecule has 0 amide bonds. The second-order valence-corrected chi connectivity index (χ2v) is 5.49. The molecule has 2 N–H and O–H groups in total. The highest BCUT2D eigenvalue weighted by molar-refractivity contribution is 5.80. The Morgan fingerprint density at radius 2 is 2.07 bits per heavy atom. The van der Waals surface area contributed by atoms with Crippen LogP contribution in [0, 0.1) is 11.3 Å². The Kier molecular flexibility index (Phi) is 2.91. The normalized spacial score (nSPS) is 34.1. The molecule has 1 aliphatic rings. The van der Waals surface area contributed by atoms with Crippen molar-refractivity contribution in [3.63, 3.8) is 0 Å². The summed E-state index contributed by atoms with van der Waals surface area (Å²) >= 11 is 0. The van der Waals surface area contributed by atoms with Crippen molar-refractivity contribution in [2.24, 2.45) is 11.3 Å². The number of rotatable bonds is 1. The van der Waals surface area contributed by atoms with E-state index in [9.17, 15) is 9.90 Å². The zero-order valence-corrected chi connectivity index (χ0v) is 9.55. The lowest BCUT2D eigenvalue weighted by atomic mass is 9.67. The van der Waals surface area contributed by atoms with Crippen molar-refractivity contribution in [1.29, 1.82) is 0 Å². The second kappa shape index (κ2) is 3.54. The van der Waals surface area contributed by atoms with Gasteiger partial charge in [0.2, 0.25) is 0 Å². The number of nitrogens with one attached hydrogen (secondary N) is 1. The van der Waals surface area contributed by atoms with Gasteiger partial charge in [0.15, 0.2) is 0 Å². The Hall–Kier alpha value is -0.570. The summed E-state index contributed by atoms with van der Waals surface area (Å²) in [4.78, 5) is 11.4. The van der Waals surface area contributed by atoms with E-state index in [1.54, 1.807) is 0 Å². The minimum Gasteiger partial charge on any atom is -0.480 e. The highest BCUT2D eigenvalue weighted by Gasteiger charge is 2.50. The summed E-state index contributed by atoms with van der Waals surface area (Å²) in [6.07, 6.45) is 1.80. The van der Waals surface area contributed by atoms with Gasteiger partial charge in [-0.15, -0.1) is 0 Å². The van der Waals surface area contributed by atoms with Crippen molar-refractivity contribution in [2.75, 3.05) is 6.54 Å². The molecular weight excluding hydrogens is 178 g/mol. The topological polar surface area (TPSA) is 49.3 Å². The molecule has 14 heavy (non-hydrogen) atoms. The van der Waals surface area contributed by atoms with Gasteiger partial charge in [0.05, 0.1) is 0 Å². The third-order valence-electron chi connectivity index (χ3n) is 3.36. The fourth-order valence-electron chi connectivity index (χ4n) is 2.28. The number of hydrogen-bond donors (Lipinski definition) is 2. The number of carbonyl (C=O) groups is 1. The molecule has 0 aliphatic carbocycles. The smallest absolute Gasteiger partial charge is 0.324 e. The summed E-state index contributed by atoms with van der Waals surface area (Å²) in [5.41, 5.74) is -0.988. The Morgan fingerprint density at radius 1 is 1.50 bits per heavy atom. The molecule has 1 aliphatic heterocycles. The molecule has 82 valence electrons. The second-order valence-electron chi connectivity index (χ2n) is 5.49. The molecule has 0 radical (unpaired) electrons. The summed E-state index contributed by atoms with van der Waals surface area (Å²) in [5.74, 6) is -0.219. The monoisotopic (exact) mass is 199 g/mol. The molecule has 0 bridgehead atoms. The molecule has 1 rings (SSSR count). The van der Waals surface area contributed by atoms with Crippen LogP contribution in [0.2, 0.25) is 0 Å². The minimum atomic E-state index is -0.745. The molecule has 0 aromatic heterocycles. The first-order valence-electron chi connectivity index (χ1n) is 5.28. The molecule has 2 unspecified atom stereocenters. The molecule has 0 aromatic carbocycles. The van der Waals surface area contributed by atoms with Crippen LogP contribution in [0.5, 0.6) is 0 Å². The first-order valence-corrected chi connectivity index (χ1v) is 5.28. The SMILES string of the molecule is CC1CCNC(C(=O)O)(C(C)(C)C)C1. The van der Waals surface area contributed by atoms with Crippen LogP contribution in [-0.4, -0.2) is 23.2 Å². The third-order valence-corrected chi connectivity index (χ3v) is 3.36. The molecule has 0 saturated carbocycles. The van der Waals surface area contributed by atoms with Crippen molar-refractivity contribution in [3.05, 3.63) is 0 Å². The lowest BCUT2D eigenvalue weighted by molar-refractivity contribution is -0.152. The van der Waals surface area contributed by atoms with Gasteiger partial charge in [-0.1, -0.05) is 27.7 Å². The zero-order valence-electron chi connectivity index (χ0n) is 9.55. The quantitative estimate of drug-likeness (QED) is 0.678. The zero-order chi connectivity index (χ0) is 11.0. The van der Waals surface area contributed by atoms with Gasteiger partial charge in [-0.25, -0.2) is 0 Å². The van der Waals surface area contributed by atoms with Crippen molar-refractivity contribution >= 4 is 5.97 Å². The molecule has 0 aromatic rings. The maximum atomic E-state index is 11.4. The van der Waals surface area contributed by atoms with E-state index >= 15 is 0 Å². The average molecular weight is 199 g/mol. The minimum absolute atomic E-state index is 0.243. The number of hydrogen-bond acceptors (Lipinski definition) is 2. The standard InChI is InChI=1S/C11H21NO2/c1-8-5-6-12-11(7-8,9(13)14)10(2,3)4/h8,12H,5-7H2,1-4H3,(H,13,14). The predicted octanol–water partition coefficient (Wildman–Crippen LogP) is 1.88. The van der Waals surface area contributed by atoms with Gasteiger partial charge in [0, 0.05) is 0 Å². The van der Waals surface area contributed by atoms with Gasteiger partial charge >= 0.3 is 5.97 Å². The first kappa shape index (κ1) is 11.5. The lowest BCUT2D eigenvalue weighted by Gasteiger charge is -2.46. The highest BCUT2D eigenvalue weighted by atomic mass is 16.4. The Balaban J connectivity index is 2.98. The van der Waals surface area contributed by atoms with Crippen molar-refractivity contribution < 1.29 is 9.90 Å². The van der Waals surface area contributed by atoms with Crippen LogP contribution in [-0.2, 0) is 4.79 Å². The van der Waals surface area contributed by atoms with Crippen LogP contribution < -0.4 is 5.32 Å². The molecule has 1 fully saturated rings. The molecule has 1 heterocycles. The maximum Gasteiger partial charge on any atom is 0.324 e. The molecule has 3 heteroatoms. The van der Waals surface area contributed by atoms with E-state index < -0.39 is 11.5 Å². The van der Waals surface area contributed by atoms with E-state index in [-0.39, 0.29) is 5.41 Å². The largest absolute Gasteiger partial charge is 0.480 e. The summed E-state index contributed by atoms with van der Waals surface area (Å²) in [6.45, 7) is 8.92. The molecular formula is C11H21NO2. The summed E-state index contributed by atoms with van der Waals surface area (Å²) in [7, 11) is 0. The summed E-state index contributed by atoms with van der Waals surface area (Å²) < 4.78 is 0. The van der Waals surface area contributed by atoms with Crippen molar-refractivity contribution in [1.82, 2.24) is 5.32 Å². The Labute approximate surface area is 85.9 Å². The number of carboxylic acid groups (broad SMARTS) is 1. The van der Waals surface area contributed by atoms with Gasteiger partial charge in [0.1, 0.15) is 5.54 Å². The van der Waals surface area contributed by atoms with Crippen molar-refractivity contribution in [3.8, 4) is 0 Å². The molecule has 2 atom stereocenters. The van der Waals surface area contributed by atoms with Crippen LogP contribution in [0.4, 0.5) is 0 Å². The van der Waals surface area contributed by atoms with E-state index in [0.29, 0.717) is 5.92 Å². The fourth-order valence-corrected chi connectivity index (χ4v) is 2.28. The fraction of sp³-hybridized carbons (Fsp3) is 0.909. The average Bonchev–Trinajstić information content (AvgIpc) is 2.01. The van der Waals surface area contributed by atoms with Gasteiger partial charge in [-0.05, 0) is 30.7 Å². The van der Waals surface area contributed by atoms with E-state index in [1.165, 1.54) is 0 Å². The predicted molar refractivity (Wildman–Crippen MR) is 56.2 cm³/mol. The van der Waals surface area contributed by atoms with Crippen LogP contribution >= 0.6 is 0 Å². The summed E-state index contributed by atoms with van der Waals surface area (Å²) in [6, 6.07) is 0. The number of aliphatic carboxylic acids is 1. The highest BCUT2D eigenvalue weighted by Crippen LogP contribution is 2.38. The summed E-state index contributed by atoms with van der Waals surface area (Å²) in [5, 5.41) is 12.6. The van der Waals surface area contributed by atoms with Crippen LogP contribution in [0.1, 0.15) is 40.5 Å². The van der Waals surface area contributed by atoms with E-state index in [0.717, 1.165) is 19.4 Å². The molecule has 0 spiro atoms. The van der Waals surface area contributed by atoms with Crippen LogP contribution in [0.3, 0.4) is 0 Å². The lowest BCUT2D eigenvalue weighted by Crippen LogP contribution is -2.63. The van der Waals surface area contributed by atoms with Crippen LogP contribution in [0.25, 0.3) is 0 Å². The van der Waals surface area contributed by atoms with E-state index in [4.69, 9.17) is 0 Å². The Morgan fingerprint density at radius 3 is 2.36 bits per heavy atom. The third kappa shape index (κ3) is 1.78. The van der Waals surface area contributed by atoms with Crippen molar-refractivity contribution in [2.45, 2.75) is 46.1 Å². The van der Waals surface area contributed by atoms with Gasteiger partial charge in [-0.2, -0.15) is 0 Å². The maximum absolute atomic E-state index is 11.4. The van der Waals surface area contributed by atoms with Gasteiger partial charge < -0.3 is 10.4 Å². The van der Waals surface area contributed by atoms with E-state index in [1.807, 2.05) is 20.8 Å². The van der Waals surface area contributed by atoms with Gasteiger partial charge in [0.25, 0.3) is 0 Å². The Bertz CT molecular complexity index is 232. The number of piperidine rings is 1. The molecule has 3 nitrogen and oxygen atoms in total. The van der Waals surface area contributed by atoms with Gasteiger partial charge in [-0.3, -0.25) is 4.79 Å². The van der Waals surface area contributed by atoms with E-state index in [2.05, 4.69) is 12.2 Å². The first-order chi connectivity index (χ1) is 6.29. The number of carboxylic acids is 1. The molecule has 1 saturated heterocycles. The van der Waals surface area contributed by atoms with Crippen LogP contribution in [0.15, 0.2) is 0 Å².